The molecule has 1 amide bonds. The number of rotatable bonds is 6. The average molecular weight is 420 g/mol. The average Bonchev–Trinajstić information content (AvgIpc) is 2.71. The maximum absolute atomic E-state index is 13.1. The maximum Gasteiger partial charge on any atom is 0.243 e. The summed E-state index contributed by atoms with van der Waals surface area (Å²) in [6.45, 7) is 6.11. The molecule has 0 spiro atoms. The Bertz CT molecular complexity index is 938. The molecular formula is C21H26FN3O3S. The number of halogens is 1. The van der Waals surface area contributed by atoms with Crippen molar-refractivity contribution in [3.63, 3.8) is 0 Å². The molecule has 0 radical (unpaired) electrons. The fraction of sp³-hybridized carbons (Fsp3) is 0.381. The number of nitrogens with zero attached hydrogens (tertiary/aromatic N) is 3. The van der Waals surface area contributed by atoms with Gasteiger partial charge < -0.3 is 4.90 Å². The van der Waals surface area contributed by atoms with Crippen LogP contribution in [0.25, 0.3) is 0 Å². The van der Waals surface area contributed by atoms with E-state index in [1.165, 1.54) is 16.4 Å². The lowest BCUT2D eigenvalue weighted by molar-refractivity contribution is -0.120. The summed E-state index contributed by atoms with van der Waals surface area (Å²) in [6, 6.07) is 12.7. The van der Waals surface area contributed by atoms with E-state index in [1.807, 2.05) is 18.7 Å². The first-order chi connectivity index (χ1) is 13.8. The normalized spacial score (nSPS) is 16.0. The zero-order valence-corrected chi connectivity index (χ0v) is 17.5. The van der Waals surface area contributed by atoms with Crippen molar-refractivity contribution in [2.75, 3.05) is 44.2 Å². The Balaban J connectivity index is 1.59. The molecule has 1 heterocycles. The molecule has 0 saturated carbocycles. The van der Waals surface area contributed by atoms with Crippen molar-refractivity contribution in [3.05, 3.63) is 59.9 Å². The number of sulfonamides is 1. The molecule has 0 aliphatic carbocycles. The van der Waals surface area contributed by atoms with Gasteiger partial charge in [-0.25, -0.2) is 12.8 Å². The van der Waals surface area contributed by atoms with Crippen molar-refractivity contribution in [1.29, 1.82) is 0 Å². The summed E-state index contributed by atoms with van der Waals surface area (Å²) >= 11 is 0. The van der Waals surface area contributed by atoms with Gasteiger partial charge in [-0.05, 0) is 50.2 Å². The third-order valence-electron chi connectivity index (χ3n) is 5.10. The molecule has 3 rings (SSSR count). The van der Waals surface area contributed by atoms with Crippen molar-refractivity contribution in [1.82, 2.24) is 9.21 Å². The lowest BCUT2D eigenvalue weighted by Crippen LogP contribution is -2.51. The van der Waals surface area contributed by atoms with Crippen LogP contribution in [0.5, 0.6) is 0 Å². The van der Waals surface area contributed by atoms with E-state index in [-0.39, 0.29) is 18.3 Å². The molecule has 0 unspecified atom stereocenters. The molecule has 2 aromatic rings. The van der Waals surface area contributed by atoms with Crippen molar-refractivity contribution in [2.45, 2.75) is 18.7 Å². The second-order valence-corrected chi connectivity index (χ2v) is 9.05. The number of aryl methyl sites for hydroxylation is 1. The van der Waals surface area contributed by atoms with Crippen LogP contribution in [0.3, 0.4) is 0 Å². The number of hydrogen-bond acceptors (Lipinski definition) is 4. The highest BCUT2D eigenvalue weighted by Crippen LogP contribution is 2.19. The van der Waals surface area contributed by atoms with Crippen molar-refractivity contribution < 1.29 is 17.6 Å². The number of carbonyl (C=O) groups excluding carboxylic acids is 1. The molecule has 8 heteroatoms. The number of hydrogen-bond donors (Lipinski definition) is 0. The number of piperazine rings is 1. The van der Waals surface area contributed by atoms with Gasteiger partial charge in [0, 0.05) is 38.4 Å². The fourth-order valence-electron chi connectivity index (χ4n) is 3.39. The van der Waals surface area contributed by atoms with Gasteiger partial charge in [0.15, 0.2) is 0 Å². The van der Waals surface area contributed by atoms with Crippen LogP contribution < -0.4 is 4.90 Å². The third kappa shape index (κ3) is 5.01. The van der Waals surface area contributed by atoms with E-state index >= 15 is 0 Å². The molecule has 1 fully saturated rings. The van der Waals surface area contributed by atoms with E-state index < -0.39 is 10.0 Å². The van der Waals surface area contributed by atoms with Crippen LogP contribution in [0.1, 0.15) is 12.5 Å². The Morgan fingerprint density at radius 3 is 2.14 bits per heavy atom. The van der Waals surface area contributed by atoms with Gasteiger partial charge in [-0.15, -0.1) is 0 Å². The second kappa shape index (κ2) is 9.02. The van der Waals surface area contributed by atoms with Crippen LogP contribution in [0.15, 0.2) is 53.4 Å². The first-order valence-corrected chi connectivity index (χ1v) is 11.1. The minimum Gasteiger partial charge on any atom is -0.312 e. The number of likely N-dealkylation sites (N-methyl/N-ethyl adjacent to an activating group) is 1. The van der Waals surface area contributed by atoms with Gasteiger partial charge in [0.05, 0.1) is 11.4 Å². The van der Waals surface area contributed by atoms with Crippen LogP contribution in [0.4, 0.5) is 10.1 Å². The molecule has 0 aromatic heterocycles. The molecule has 6 nitrogen and oxygen atoms in total. The summed E-state index contributed by atoms with van der Waals surface area (Å²) in [4.78, 5) is 16.6. The van der Waals surface area contributed by atoms with Crippen molar-refractivity contribution >= 4 is 21.6 Å². The first kappa shape index (κ1) is 21.4. The smallest absolute Gasteiger partial charge is 0.243 e. The minimum atomic E-state index is -3.52. The van der Waals surface area contributed by atoms with Gasteiger partial charge in [-0.1, -0.05) is 17.7 Å². The molecule has 2 aromatic carbocycles. The Hall–Kier alpha value is -2.29. The lowest BCUT2D eigenvalue weighted by atomic mass is 10.2. The van der Waals surface area contributed by atoms with Gasteiger partial charge >= 0.3 is 0 Å². The Kier molecular flexibility index (Phi) is 6.66. The molecule has 29 heavy (non-hydrogen) atoms. The van der Waals surface area contributed by atoms with Crippen LogP contribution in [0.2, 0.25) is 0 Å². The van der Waals surface area contributed by atoms with E-state index in [2.05, 4.69) is 0 Å². The quantitative estimate of drug-likeness (QED) is 0.722. The highest BCUT2D eigenvalue weighted by atomic mass is 32.2. The monoisotopic (exact) mass is 419 g/mol. The van der Waals surface area contributed by atoms with Gasteiger partial charge in [-0.3, -0.25) is 9.69 Å². The predicted octanol–water partition coefficient (Wildman–Crippen LogP) is 2.49. The van der Waals surface area contributed by atoms with Crippen LogP contribution in [0, 0.1) is 12.7 Å². The minimum absolute atomic E-state index is 0.0889. The molecule has 1 aliphatic rings. The summed E-state index contributed by atoms with van der Waals surface area (Å²) in [6.07, 6.45) is 0. The Labute approximate surface area is 171 Å². The highest BCUT2D eigenvalue weighted by Gasteiger charge is 2.29. The summed E-state index contributed by atoms with van der Waals surface area (Å²) in [5.74, 6) is -0.433. The SMILES string of the molecule is CCN(C(=O)CN1CCN(S(=O)(=O)c2ccc(C)cc2)CC1)c1ccc(F)cc1. The molecule has 1 aliphatic heterocycles. The summed E-state index contributed by atoms with van der Waals surface area (Å²) in [5.41, 5.74) is 1.66. The summed E-state index contributed by atoms with van der Waals surface area (Å²) in [5, 5.41) is 0. The largest absolute Gasteiger partial charge is 0.312 e. The molecule has 1 saturated heterocycles. The Morgan fingerprint density at radius 2 is 1.59 bits per heavy atom. The van der Waals surface area contributed by atoms with Crippen LogP contribution >= 0.6 is 0 Å². The number of carbonyl (C=O) groups is 1. The van der Waals surface area contributed by atoms with E-state index in [0.717, 1.165) is 5.56 Å². The van der Waals surface area contributed by atoms with E-state index in [0.29, 0.717) is 43.3 Å². The van der Waals surface area contributed by atoms with Gasteiger partial charge in [0.25, 0.3) is 0 Å². The van der Waals surface area contributed by atoms with E-state index in [1.54, 1.807) is 41.3 Å². The van der Waals surface area contributed by atoms with E-state index in [9.17, 15) is 17.6 Å². The molecular weight excluding hydrogens is 393 g/mol. The standard InChI is InChI=1S/C21H26FN3O3S/c1-3-25(19-8-6-18(22)7-9-19)21(26)16-23-12-14-24(15-13-23)29(27,28)20-10-4-17(2)5-11-20/h4-11H,3,12-16H2,1-2H3. The summed E-state index contributed by atoms with van der Waals surface area (Å²) < 4.78 is 40.2. The van der Waals surface area contributed by atoms with Crippen LogP contribution in [-0.4, -0.2) is 62.8 Å². The molecule has 156 valence electrons. The maximum atomic E-state index is 13.1. The van der Waals surface area contributed by atoms with Crippen molar-refractivity contribution in [2.24, 2.45) is 0 Å². The molecule has 0 bridgehead atoms. The zero-order valence-electron chi connectivity index (χ0n) is 16.7. The lowest BCUT2D eigenvalue weighted by Gasteiger charge is -2.34. The number of benzene rings is 2. The predicted molar refractivity (Wildman–Crippen MR) is 111 cm³/mol. The van der Waals surface area contributed by atoms with Crippen molar-refractivity contribution in [3.8, 4) is 0 Å². The van der Waals surface area contributed by atoms with Crippen LogP contribution in [-0.2, 0) is 14.8 Å². The Morgan fingerprint density at radius 1 is 1.00 bits per heavy atom. The number of anilines is 1. The third-order valence-corrected chi connectivity index (χ3v) is 7.02. The second-order valence-electron chi connectivity index (χ2n) is 7.11. The summed E-state index contributed by atoms with van der Waals surface area (Å²) in [7, 11) is -3.52. The highest BCUT2D eigenvalue weighted by molar-refractivity contribution is 7.89. The molecule has 0 N–H and O–H groups in total. The van der Waals surface area contributed by atoms with E-state index in [4.69, 9.17) is 0 Å². The van der Waals surface area contributed by atoms with Gasteiger partial charge in [-0.2, -0.15) is 4.31 Å². The number of amides is 1. The van der Waals surface area contributed by atoms with Gasteiger partial charge in [0.2, 0.25) is 15.9 Å². The topological polar surface area (TPSA) is 60.9 Å². The fourth-order valence-corrected chi connectivity index (χ4v) is 4.81. The zero-order chi connectivity index (χ0) is 21.0. The van der Waals surface area contributed by atoms with Gasteiger partial charge in [0.1, 0.15) is 5.82 Å². The first-order valence-electron chi connectivity index (χ1n) is 9.66. The molecule has 0 atom stereocenters.